The molecule has 1 fully saturated rings. The van der Waals surface area contributed by atoms with Crippen LogP contribution < -0.4 is 24.4 Å². The SMILES string of the molecule is CCOc1ccc(CNC(=O)[C@@H]2CCCN(c3nccnc3Oc3ccccc3)C2)cc1OCC. The van der Waals surface area contributed by atoms with Crippen LogP contribution in [0.2, 0.25) is 0 Å². The van der Waals surface area contributed by atoms with Gasteiger partial charge in [-0.3, -0.25) is 4.79 Å². The first-order chi connectivity index (χ1) is 17.2. The fourth-order valence-corrected chi connectivity index (χ4v) is 4.13. The molecule has 1 saturated heterocycles. The third-order valence-corrected chi connectivity index (χ3v) is 5.77. The largest absolute Gasteiger partial charge is 0.490 e. The number of amides is 1. The van der Waals surface area contributed by atoms with Gasteiger partial charge in [-0.15, -0.1) is 0 Å². The second-order valence-electron chi connectivity index (χ2n) is 8.25. The molecule has 4 rings (SSSR count). The van der Waals surface area contributed by atoms with Crippen LogP contribution in [0.1, 0.15) is 32.3 Å². The Morgan fingerprint density at radius 3 is 2.60 bits per heavy atom. The summed E-state index contributed by atoms with van der Waals surface area (Å²) < 4.78 is 17.3. The van der Waals surface area contributed by atoms with Crippen LogP contribution in [0.15, 0.2) is 60.9 Å². The Balaban J connectivity index is 1.39. The molecule has 0 spiro atoms. The summed E-state index contributed by atoms with van der Waals surface area (Å²) in [7, 11) is 0. The van der Waals surface area contributed by atoms with Crippen LogP contribution in [0.3, 0.4) is 0 Å². The van der Waals surface area contributed by atoms with Gasteiger partial charge >= 0.3 is 0 Å². The molecule has 3 aromatic rings. The summed E-state index contributed by atoms with van der Waals surface area (Å²) in [6, 6.07) is 15.3. The molecule has 2 aromatic carbocycles. The zero-order chi connectivity index (χ0) is 24.5. The van der Waals surface area contributed by atoms with Crippen molar-refractivity contribution in [2.75, 3.05) is 31.2 Å². The topological polar surface area (TPSA) is 85.8 Å². The lowest BCUT2D eigenvalue weighted by Crippen LogP contribution is -2.43. The Morgan fingerprint density at radius 2 is 1.80 bits per heavy atom. The molecule has 2 heterocycles. The molecule has 1 aliphatic rings. The number of piperidine rings is 1. The van der Waals surface area contributed by atoms with Crippen LogP contribution in [0.5, 0.6) is 23.1 Å². The molecule has 0 unspecified atom stereocenters. The Kier molecular flexibility index (Phi) is 8.38. The van der Waals surface area contributed by atoms with E-state index in [-0.39, 0.29) is 11.8 Å². The number of para-hydroxylation sites is 1. The predicted molar refractivity (Wildman–Crippen MR) is 134 cm³/mol. The van der Waals surface area contributed by atoms with Gasteiger partial charge in [0.2, 0.25) is 5.91 Å². The molecule has 35 heavy (non-hydrogen) atoms. The van der Waals surface area contributed by atoms with Gasteiger partial charge in [0.25, 0.3) is 5.88 Å². The van der Waals surface area contributed by atoms with E-state index in [9.17, 15) is 4.79 Å². The third-order valence-electron chi connectivity index (χ3n) is 5.77. The normalized spacial score (nSPS) is 15.4. The second-order valence-corrected chi connectivity index (χ2v) is 8.25. The van der Waals surface area contributed by atoms with Crippen molar-refractivity contribution < 1.29 is 19.0 Å². The lowest BCUT2D eigenvalue weighted by Gasteiger charge is -2.33. The number of anilines is 1. The Bertz CT molecular complexity index is 1110. The first kappa shape index (κ1) is 24.3. The number of nitrogens with zero attached hydrogens (tertiary/aromatic N) is 3. The van der Waals surface area contributed by atoms with Crippen molar-refractivity contribution in [3.05, 3.63) is 66.5 Å². The van der Waals surface area contributed by atoms with Gasteiger partial charge in [-0.2, -0.15) is 0 Å². The number of rotatable bonds is 10. The molecule has 1 amide bonds. The number of carbonyl (C=O) groups excluding carboxylic acids is 1. The minimum atomic E-state index is -0.149. The van der Waals surface area contributed by atoms with Crippen LogP contribution in [0.25, 0.3) is 0 Å². The molecule has 0 bridgehead atoms. The molecule has 1 aliphatic heterocycles. The molecule has 0 saturated carbocycles. The number of ether oxygens (including phenoxy) is 3. The molecule has 8 nitrogen and oxygen atoms in total. The Morgan fingerprint density at radius 1 is 1.03 bits per heavy atom. The van der Waals surface area contributed by atoms with E-state index >= 15 is 0 Å². The fourth-order valence-electron chi connectivity index (χ4n) is 4.13. The summed E-state index contributed by atoms with van der Waals surface area (Å²) >= 11 is 0. The molecule has 1 N–H and O–H groups in total. The highest BCUT2D eigenvalue weighted by Gasteiger charge is 2.28. The molecule has 1 atom stereocenters. The predicted octanol–water partition coefficient (Wildman–Crippen LogP) is 4.60. The monoisotopic (exact) mass is 476 g/mol. The summed E-state index contributed by atoms with van der Waals surface area (Å²) in [4.78, 5) is 24.0. The van der Waals surface area contributed by atoms with Crippen molar-refractivity contribution in [3.63, 3.8) is 0 Å². The van der Waals surface area contributed by atoms with Crippen molar-refractivity contribution in [2.24, 2.45) is 5.92 Å². The van der Waals surface area contributed by atoms with E-state index in [4.69, 9.17) is 14.2 Å². The minimum absolute atomic E-state index is 0.0240. The van der Waals surface area contributed by atoms with Crippen LogP contribution >= 0.6 is 0 Å². The van der Waals surface area contributed by atoms with Gasteiger partial charge in [-0.1, -0.05) is 24.3 Å². The van der Waals surface area contributed by atoms with E-state index in [1.807, 2.05) is 62.4 Å². The van der Waals surface area contributed by atoms with Crippen molar-refractivity contribution in [1.82, 2.24) is 15.3 Å². The Labute approximate surface area is 206 Å². The van der Waals surface area contributed by atoms with E-state index in [2.05, 4.69) is 20.2 Å². The molecule has 184 valence electrons. The first-order valence-corrected chi connectivity index (χ1v) is 12.1. The van der Waals surface area contributed by atoms with E-state index in [1.54, 1.807) is 12.4 Å². The van der Waals surface area contributed by atoms with Crippen molar-refractivity contribution in [1.29, 1.82) is 0 Å². The highest BCUT2D eigenvalue weighted by atomic mass is 16.5. The number of benzene rings is 2. The van der Waals surface area contributed by atoms with Gasteiger partial charge in [0, 0.05) is 32.0 Å². The van der Waals surface area contributed by atoms with Gasteiger partial charge in [0.1, 0.15) is 5.75 Å². The smallest absolute Gasteiger partial charge is 0.263 e. The van der Waals surface area contributed by atoms with Gasteiger partial charge in [0.15, 0.2) is 17.3 Å². The van der Waals surface area contributed by atoms with Crippen molar-refractivity contribution in [3.8, 4) is 23.1 Å². The molecule has 0 aliphatic carbocycles. The lowest BCUT2D eigenvalue weighted by molar-refractivity contribution is -0.125. The van der Waals surface area contributed by atoms with Crippen LogP contribution in [0.4, 0.5) is 5.82 Å². The van der Waals surface area contributed by atoms with Gasteiger partial charge in [-0.25, -0.2) is 9.97 Å². The van der Waals surface area contributed by atoms with Crippen molar-refractivity contribution >= 4 is 11.7 Å². The summed E-state index contributed by atoms with van der Waals surface area (Å²) in [6.07, 6.45) is 4.98. The molecule has 0 radical (unpaired) electrons. The fraction of sp³-hybridized carbons (Fsp3) is 0.370. The maximum atomic E-state index is 13.0. The highest BCUT2D eigenvalue weighted by Crippen LogP contribution is 2.31. The van der Waals surface area contributed by atoms with Gasteiger partial charge in [-0.05, 0) is 56.5 Å². The number of nitrogens with one attached hydrogen (secondary N) is 1. The average molecular weight is 477 g/mol. The lowest BCUT2D eigenvalue weighted by atomic mass is 9.97. The summed E-state index contributed by atoms with van der Waals surface area (Å²) in [6.45, 7) is 6.77. The van der Waals surface area contributed by atoms with E-state index < -0.39 is 0 Å². The standard InChI is InChI=1S/C27H32N4O4/c1-3-33-23-13-12-20(17-24(23)34-4-2)18-30-26(32)21-9-8-16-31(19-21)25-27(29-15-14-28-25)35-22-10-6-5-7-11-22/h5-7,10-15,17,21H,3-4,8-9,16,18-19H2,1-2H3,(H,30,32)/t21-/m1/s1. The number of carbonyl (C=O) groups is 1. The zero-order valence-electron chi connectivity index (χ0n) is 20.3. The quantitative estimate of drug-likeness (QED) is 0.458. The van der Waals surface area contributed by atoms with E-state index in [1.165, 1.54) is 0 Å². The van der Waals surface area contributed by atoms with Crippen LogP contribution in [-0.2, 0) is 11.3 Å². The maximum absolute atomic E-state index is 13.0. The average Bonchev–Trinajstić information content (AvgIpc) is 2.90. The number of hydrogen-bond acceptors (Lipinski definition) is 7. The third kappa shape index (κ3) is 6.41. The van der Waals surface area contributed by atoms with Crippen molar-refractivity contribution in [2.45, 2.75) is 33.2 Å². The molecular formula is C27H32N4O4. The molecule has 1 aromatic heterocycles. The Hall–Kier alpha value is -3.81. The molecular weight excluding hydrogens is 444 g/mol. The number of aromatic nitrogens is 2. The highest BCUT2D eigenvalue weighted by molar-refractivity contribution is 5.79. The van der Waals surface area contributed by atoms with Gasteiger partial charge < -0.3 is 24.4 Å². The summed E-state index contributed by atoms with van der Waals surface area (Å²) in [5, 5.41) is 3.09. The van der Waals surface area contributed by atoms with E-state index in [0.717, 1.165) is 24.9 Å². The second kappa shape index (κ2) is 12.1. The summed E-state index contributed by atoms with van der Waals surface area (Å²) in [5.41, 5.74) is 0.963. The minimum Gasteiger partial charge on any atom is -0.490 e. The molecule has 8 heteroatoms. The van der Waals surface area contributed by atoms with Crippen LogP contribution in [-0.4, -0.2) is 42.2 Å². The van der Waals surface area contributed by atoms with E-state index in [0.29, 0.717) is 55.2 Å². The maximum Gasteiger partial charge on any atom is 0.263 e. The first-order valence-electron chi connectivity index (χ1n) is 12.1. The summed E-state index contributed by atoms with van der Waals surface area (Å²) in [5.74, 6) is 3.07. The van der Waals surface area contributed by atoms with Crippen LogP contribution in [0, 0.1) is 5.92 Å². The number of hydrogen-bond donors (Lipinski definition) is 1. The zero-order valence-corrected chi connectivity index (χ0v) is 20.3. The van der Waals surface area contributed by atoms with Gasteiger partial charge in [0.05, 0.1) is 19.1 Å².